The van der Waals surface area contributed by atoms with Crippen LogP contribution in [0.3, 0.4) is 0 Å². The van der Waals surface area contributed by atoms with Crippen LogP contribution in [-0.4, -0.2) is 67.5 Å². The van der Waals surface area contributed by atoms with Crippen molar-refractivity contribution in [3.05, 3.63) is 24.2 Å². The van der Waals surface area contributed by atoms with Crippen LogP contribution in [0.4, 0.5) is 0 Å². The number of carbonyl (C=O) groups excluding carboxylic acids is 1. The average Bonchev–Trinajstić information content (AvgIpc) is 3.35. The Kier molecular flexibility index (Phi) is 10.8. The number of nitrogens with one attached hydrogen (secondary N) is 2. The van der Waals surface area contributed by atoms with Gasteiger partial charge in [-0.15, -0.1) is 24.0 Å². The van der Waals surface area contributed by atoms with Crippen molar-refractivity contribution in [1.29, 1.82) is 0 Å². The lowest BCUT2D eigenvalue weighted by Gasteiger charge is -2.29. The van der Waals surface area contributed by atoms with Crippen molar-refractivity contribution in [3.63, 3.8) is 0 Å². The highest BCUT2D eigenvalue weighted by Gasteiger charge is 2.26. The molecule has 0 radical (unpaired) electrons. The third-order valence-electron chi connectivity index (χ3n) is 5.00. The Morgan fingerprint density at radius 1 is 1.41 bits per heavy atom. The third kappa shape index (κ3) is 6.67. The molecule has 0 spiro atoms. The van der Waals surface area contributed by atoms with Crippen molar-refractivity contribution < 1.29 is 9.21 Å². The van der Waals surface area contributed by atoms with E-state index in [2.05, 4.69) is 34.4 Å². The summed E-state index contributed by atoms with van der Waals surface area (Å²) in [5, 5.41) is 6.87. The van der Waals surface area contributed by atoms with E-state index in [0.717, 1.165) is 44.3 Å². The molecule has 0 bridgehead atoms. The Balaban J connectivity index is 0.00000364. The number of guanidine groups is 1. The number of hydrogen-bond acceptors (Lipinski definition) is 4. The van der Waals surface area contributed by atoms with Crippen LogP contribution in [0, 0.1) is 0 Å². The summed E-state index contributed by atoms with van der Waals surface area (Å²) in [7, 11) is 1.78. The molecule has 1 aliphatic rings. The van der Waals surface area contributed by atoms with Crippen LogP contribution in [0.15, 0.2) is 27.8 Å². The minimum absolute atomic E-state index is 0. The lowest BCUT2D eigenvalue weighted by molar-refractivity contribution is -0.129. The second kappa shape index (κ2) is 12.2. The Hall–Kier alpha value is -1.29. The Morgan fingerprint density at radius 2 is 2.15 bits per heavy atom. The molecule has 1 aromatic heterocycles. The maximum atomic E-state index is 11.8. The van der Waals surface area contributed by atoms with Gasteiger partial charge in [-0.05, 0) is 31.6 Å². The molecule has 1 amide bonds. The van der Waals surface area contributed by atoms with Crippen LogP contribution in [0.5, 0.6) is 0 Å². The van der Waals surface area contributed by atoms with Gasteiger partial charge in [-0.1, -0.05) is 20.8 Å². The maximum Gasteiger partial charge on any atom is 0.222 e. The molecule has 2 unspecified atom stereocenters. The fraction of sp³-hybridized carbons (Fsp3) is 0.684. The summed E-state index contributed by atoms with van der Waals surface area (Å²) in [5.41, 5.74) is 0. The molecule has 27 heavy (non-hydrogen) atoms. The summed E-state index contributed by atoms with van der Waals surface area (Å²) in [6.45, 7) is 10.4. The highest BCUT2D eigenvalue weighted by atomic mass is 127. The van der Waals surface area contributed by atoms with E-state index in [0.29, 0.717) is 13.0 Å². The average molecular weight is 491 g/mol. The molecule has 0 aliphatic carbocycles. The Bertz CT molecular complexity index is 575. The quantitative estimate of drug-likeness (QED) is 0.332. The van der Waals surface area contributed by atoms with Crippen molar-refractivity contribution in [2.45, 2.75) is 45.7 Å². The summed E-state index contributed by atoms with van der Waals surface area (Å²) in [6.07, 6.45) is 3.23. The molecule has 1 fully saturated rings. The molecule has 1 aromatic rings. The van der Waals surface area contributed by atoms with Crippen LogP contribution < -0.4 is 10.6 Å². The summed E-state index contributed by atoms with van der Waals surface area (Å²) < 4.78 is 5.65. The smallest absolute Gasteiger partial charge is 0.222 e. The molecule has 7 nitrogen and oxygen atoms in total. The maximum absolute atomic E-state index is 11.8. The number of furan rings is 1. The molecule has 154 valence electrons. The summed E-state index contributed by atoms with van der Waals surface area (Å²) in [4.78, 5) is 20.5. The summed E-state index contributed by atoms with van der Waals surface area (Å²) >= 11 is 0. The van der Waals surface area contributed by atoms with Gasteiger partial charge in [0.25, 0.3) is 0 Å². The van der Waals surface area contributed by atoms with E-state index in [1.165, 1.54) is 0 Å². The molecule has 0 aromatic carbocycles. The first-order valence-corrected chi connectivity index (χ1v) is 9.65. The van der Waals surface area contributed by atoms with E-state index in [-0.39, 0.29) is 42.0 Å². The highest BCUT2D eigenvalue weighted by Crippen LogP contribution is 2.20. The van der Waals surface area contributed by atoms with Crippen LogP contribution in [0.25, 0.3) is 0 Å². The van der Waals surface area contributed by atoms with E-state index in [1.54, 1.807) is 13.3 Å². The first-order valence-electron chi connectivity index (χ1n) is 9.65. The molecular weight excluding hydrogens is 457 g/mol. The highest BCUT2D eigenvalue weighted by molar-refractivity contribution is 14.0. The number of carbonyl (C=O) groups is 1. The van der Waals surface area contributed by atoms with E-state index in [1.807, 2.05) is 24.0 Å². The molecule has 8 heteroatoms. The first-order chi connectivity index (χ1) is 12.6. The van der Waals surface area contributed by atoms with E-state index in [4.69, 9.17) is 4.42 Å². The summed E-state index contributed by atoms with van der Waals surface area (Å²) in [6, 6.07) is 4.34. The standard InChI is InChI=1S/C19H33N5O2.HI/c1-5-18(25)24-11-10-15(14-24)22-19(20-4)21-13-16(23(6-2)7-3)17-9-8-12-26-17;/h8-9,12,15-16H,5-7,10-11,13-14H2,1-4H3,(H2,20,21,22);1H. The van der Waals surface area contributed by atoms with Crippen molar-refractivity contribution in [2.75, 3.05) is 39.8 Å². The zero-order valence-corrected chi connectivity index (χ0v) is 19.2. The van der Waals surface area contributed by atoms with Gasteiger partial charge in [0.1, 0.15) is 5.76 Å². The van der Waals surface area contributed by atoms with Gasteiger partial charge in [-0.2, -0.15) is 0 Å². The SMILES string of the molecule is CCC(=O)N1CCC(NC(=NC)NCC(c2ccco2)N(CC)CC)C1.I. The third-order valence-corrected chi connectivity index (χ3v) is 5.00. The van der Waals surface area contributed by atoms with Crippen LogP contribution in [0.2, 0.25) is 0 Å². The molecule has 2 atom stereocenters. The van der Waals surface area contributed by atoms with E-state index < -0.39 is 0 Å². The second-order valence-electron chi connectivity index (χ2n) is 6.53. The Labute approximate surface area is 180 Å². The normalized spacial score (nSPS) is 18.3. The van der Waals surface area contributed by atoms with Crippen molar-refractivity contribution >= 4 is 35.8 Å². The number of halogens is 1. The van der Waals surface area contributed by atoms with Gasteiger partial charge in [0.15, 0.2) is 5.96 Å². The van der Waals surface area contributed by atoms with E-state index >= 15 is 0 Å². The number of likely N-dealkylation sites (N-methyl/N-ethyl adjacent to an activating group) is 1. The number of hydrogen-bond donors (Lipinski definition) is 2. The topological polar surface area (TPSA) is 73.1 Å². The second-order valence-corrected chi connectivity index (χ2v) is 6.53. The minimum Gasteiger partial charge on any atom is -0.468 e. The molecule has 2 heterocycles. The van der Waals surface area contributed by atoms with Gasteiger partial charge in [-0.25, -0.2) is 0 Å². The molecule has 1 saturated heterocycles. The van der Waals surface area contributed by atoms with Crippen molar-refractivity contribution in [1.82, 2.24) is 20.4 Å². The van der Waals surface area contributed by atoms with Gasteiger partial charge >= 0.3 is 0 Å². The van der Waals surface area contributed by atoms with Gasteiger partial charge in [-0.3, -0.25) is 14.7 Å². The molecule has 2 rings (SSSR count). The zero-order chi connectivity index (χ0) is 18.9. The Morgan fingerprint density at radius 3 is 2.70 bits per heavy atom. The van der Waals surface area contributed by atoms with Gasteiger partial charge < -0.3 is 20.0 Å². The summed E-state index contributed by atoms with van der Waals surface area (Å²) in [5.74, 6) is 1.94. The van der Waals surface area contributed by atoms with Crippen molar-refractivity contribution in [2.24, 2.45) is 4.99 Å². The molecule has 0 saturated carbocycles. The predicted molar refractivity (Wildman–Crippen MR) is 120 cm³/mol. The minimum atomic E-state index is 0. The van der Waals surface area contributed by atoms with Crippen LogP contribution in [-0.2, 0) is 4.79 Å². The number of likely N-dealkylation sites (tertiary alicyclic amines) is 1. The molecule has 2 N–H and O–H groups in total. The van der Waals surface area contributed by atoms with E-state index in [9.17, 15) is 4.79 Å². The monoisotopic (exact) mass is 491 g/mol. The number of aliphatic imine (C=N–C) groups is 1. The van der Waals surface area contributed by atoms with Crippen LogP contribution >= 0.6 is 24.0 Å². The fourth-order valence-electron chi connectivity index (χ4n) is 3.46. The largest absolute Gasteiger partial charge is 0.468 e. The first kappa shape index (κ1) is 23.7. The zero-order valence-electron chi connectivity index (χ0n) is 16.9. The van der Waals surface area contributed by atoms with Crippen LogP contribution in [0.1, 0.15) is 45.4 Å². The lowest BCUT2D eigenvalue weighted by atomic mass is 10.2. The molecule has 1 aliphatic heterocycles. The van der Waals surface area contributed by atoms with Gasteiger partial charge in [0.2, 0.25) is 5.91 Å². The van der Waals surface area contributed by atoms with Gasteiger partial charge in [0, 0.05) is 39.1 Å². The molecular formula is C19H34IN5O2. The number of rotatable bonds is 8. The van der Waals surface area contributed by atoms with Gasteiger partial charge in [0.05, 0.1) is 12.3 Å². The number of nitrogens with zero attached hydrogens (tertiary/aromatic N) is 3. The number of amides is 1. The van der Waals surface area contributed by atoms with Crippen molar-refractivity contribution in [3.8, 4) is 0 Å². The fourth-order valence-corrected chi connectivity index (χ4v) is 3.46. The predicted octanol–water partition coefficient (Wildman–Crippen LogP) is 2.46. The lowest BCUT2D eigenvalue weighted by Crippen LogP contribution is -2.47.